The van der Waals surface area contributed by atoms with Crippen molar-refractivity contribution in [3.63, 3.8) is 0 Å². The summed E-state index contributed by atoms with van der Waals surface area (Å²) in [6.45, 7) is 3.95. The van der Waals surface area contributed by atoms with E-state index in [1.165, 1.54) is 12.8 Å². The van der Waals surface area contributed by atoms with Gasteiger partial charge in [0.2, 0.25) is 5.91 Å². The molecule has 0 spiro atoms. The lowest BCUT2D eigenvalue weighted by Gasteiger charge is -2.28. The van der Waals surface area contributed by atoms with Crippen LogP contribution in [0, 0.1) is 11.8 Å². The molecule has 2 rings (SSSR count). The summed E-state index contributed by atoms with van der Waals surface area (Å²) >= 11 is 0. The zero-order valence-corrected chi connectivity index (χ0v) is 9.61. The van der Waals surface area contributed by atoms with Gasteiger partial charge >= 0.3 is 0 Å². The quantitative estimate of drug-likeness (QED) is 0.710. The lowest BCUT2D eigenvalue weighted by Crippen LogP contribution is -2.37. The van der Waals surface area contributed by atoms with E-state index >= 15 is 0 Å². The van der Waals surface area contributed by atoms with Crippen molar-refractivity contribution in [2.24, 2.45) is 17.6 Å². The van der Waals surface area contributed by atoms with E-state index in [4.69, 9.17) is 5.73 Å². The average Bonchev–Trinajstić information content (AvgIpc) is 2.65. The molecule has 86 valence electrons. The van der Waals surface area contributed by atoms with Gasteiger partial charge in [0.15, 0.2) is 0 Å². The molecule has 0 aromatic heterocycles. The molecule has 0 aromatic rings. The molecule has 0 radical (unpaired) electrons. The predicted octanol–water partition coefficient (Wildman–Crippen LogP) is 1.37. The van der Waals surface area contributed by atoms with Crippen LogP contribution in [0.25, 0.3) is 0 Å². The molecule has 1 atom stereocenters. The molecule has 2 aliphatic rings. The summed E-state index contributed by atoms with van der Waals surface area (Å²) in [6, 6.07) is 0.219. The Morgan fingerprint density at radius 3 is 2.40 bits per heavy atom. The van der Waals surface area contributed by atoms with E-state index < -0.39 is 0 Å². The van der Waals surface area contributed by atoms with Gasteiger partial charge in [-0.25, -0.2) is 0 Å². The highest BCUT2D eigenvalue weighted by Gasteiger charge is 2.31. The summed E-state index contributed by atoms with van der Waals surface area (Å²) in [4.78, 5) is 14.1. The van der Waals surface area contributed by atoms with Crippen molar-refractivity contribution in [1.29, 1.82) is 0 Å². The number of carbonyl (C=O) groups excluding carboxylic acids is 1. The highest BCUT2D eigenvalue weighted by atomic mass is 16.2. The third-order valence-corrected chi connectivity index (χ3v) is 3.90. The number of nitrogens with two attached hydrogens (primary N) is 1. The van der Waals surface area contributed by atoms with Crippen LogP contribution in [0.1, 0.15) is 39.0 Å². The van der Waals surface area contributed by atoms with Gasteiger partial charge in [0.05, 0.1) is 0 Å². The van der Waals surface area contributed by atoms with Crippen LogP contribution < -0.4 is 5.73 Å². The highest BCUT2D eigenvalue weighted by Crippen LogP contribution is 2.30. The van der Waals surface area contributed by atoms with Crippen LogP contribution in [0.3, 0.4) is 0 Å². The molecule has 2 N–H and O–H groups in total. The van der Waals surface area contributed by atoms with Gasteiger partial charge in [-0.15, -0.1) is 0 Å². The summed E-state index contributed by atoms with van der Waals surface area (Å²) in [5.74, 6) is 1.48. The van der Waals surface area contributed by atoms with Crippen LogP contribution in [-0.4, -0.2) is 29.9 Å². The first-order chi connectivity index (χ1) is 7.16. The number of carbonyl (C=O) groups is 1. The maximum Gasteiger partial charge on any atom is 0.225 e. The second kappa shape index (κ2) is 4.52. The zero-order chi connectivity index (χ0) is 10.8. The van der Waals surface area contributed by atoms with E-state index in [-0.39, 0.29) is 6.04 Å². The molecule has 1 aliphatic heterocycles. The lowest BCUT2D eigenvalue weighted by molar-refractivity contribution is -0.135. The van der Waals surface area contributed by atoms with Crippen molar-refractivity contribution >= 4 is 5.91 Å². The highest BCUT2D eigenvalue weighted by molar-refractivity contribution is 5.79. The van der Waals surface area contributed by atoms with E-state index in [9.17, 15) is 4.79 Å². The van der Waals surface area contributed by atoms with Crippen LogP contribution in [0.4, 0.5) is 0 Å². The summed E-state index contributed by atoms with van der Waals surface area (Å²) in [6.07, 6.45) is 5.60. The van der Waals surface area contributed by atoms with E-state index in [2.05, 4.69) is 6.92 Å². The smallest absolute Gasteiger partial charge is 0.225 e. The number of likely N-dealkylation sites (tertiary alicyclic amines) is 1. The van der Waals surface area contributed by atoms with Crippen molar-refractivity contribution in [1.82, 2.24) is 4.90 Å². The first-order valence-corrected chi connectivity index (χ1v) is 6.21. The van der Waals surface area contributed by atoms with Crippen LogP contribution in [0.2, 0.25) is 0 Å². The monoisotopic (exact) mass is 210 g/mol. The maximum atomic E-state index is 12.1. The Hall–Kier alpha value is -0.570. The Labute approximate surface area is 92.0 Å². The van der Waals surface area contributed by atoms with Crippen LogP contribution in [0.15, 0.2) is 0 Å². The molecular weight excluding hydrogens is 188 g/mol. The molecule has 0 aromatic carbocycles. The van der Waals surface area contributed by atoms with Crippen molar-refractivity contribution in [2.45, 2.75) is 45.1 Å². The Morgan fingerprint density at radius 2 is 1.87 bits per heavy atom. The maximum absolute atomic E-state index is 12.1. The van der Waals surface area contributed by atoms with E-state index in [1.807, 2.05) is 4.90 Å². The molecule has 1 saturated heterocycles. The number of hydrogen-bond donors (Lipinski definition) is 1. The lowest BCUT2D eigenvalue weighted by atomic mass is 9.82. The number of nitrogens with zero attached hydrogens (tertiary/aromatic N) is 1. The van der Waals surface area contributed by atoms with Crippen molar-refractivity contribution < 1.29 is 4.79 Å². The fourth-order valence-electron chi connectivity index (χ4n) is 2.75. The number of hydrogen-bond acceptors (Lipinski definition) is 2. The fraction of sp³-hybridized carbons (Fsp3) is 0.917. The Kier molecular flexibility index (Phi) is 3.29. The molecule has 1 saturated carbocycles. The Morgan fingerprint density at radius 1 is 1.20 bits per heavy atom. The predicted molar refractivity (Wildman–Crippen MR) is 60.3 cm³/mol. The van der Waals surface area contributed by atoms with Crippen molar-refractivity contribution in [3.8, 4) is 0 Å². The summed E-state index contributed by atoms with van der Waals surface area (Å²) < 4.78 is 0. The van der Waals surface area contributed by atoms with Gasteiger partial charge < -0.3 is 10.6 Å². The molecule has 3 nitrogen and oxygen atoms in total. The van der Waals surface area contributed by atoms with Gasteiger partial charge in [-0.1, -0.05) is 6.92 Å². The Balaban J connectivity index is 1.85. The largest absolute Gasteiger partial charge is 0.341 e. The summed E-state index contributed by atoms with van der Waals surface area (Å²) in [5, 5.41) is 0. The molecule has 0 bridgehead atoms. The first-order valence-electron chi connectivity index (χ1n) is 6.21. The van der Waals surface area contributed by atoms with Gasteiger partial charge in [0, 0.05) is 25.0 Å². The molecule has 1 heterocycles. The second-order valence-corrected chi connectivity index (χ2v) is 5.29. The van der Waals surface area contributed by atoms with E-state index in [0.29, 0.717) is 11.8 Å². The van der Waals surface area contributed by atoms with Crippen molar-refractivity contribution in [3.05, 3.63) is 0 Å². The van der Waals surface area contributed by atoms with Gasteiger partial charge in [0.1, 0.15) is 0 Å². The first kappa shape index (κ1) is 10.9. The minimum atomic E-state index is 0.219. The third-order valence-electron chi connectivity index (χ3n) is 3.90. The molecule has 1 unspecified atom stereocenters. The molecule has 1 amide bonds. The van der Waals surface area contributed by atoms with Crippen LogP contribution in [0.5, 0.6) is 0 Å². The average molecular weight is 210 g/mol. The van der Waals surface area contributed by atoms with Crippen molar-refractivity contribution in [2.75, 3.05) is 13.1 Å². The van der Waals surface area contributed by atoms with Crippen LogP contribution in [-0.2, 0) is 4.79 Å². The minimum Gasteiger partial charge on any atom is -0.341 e. The molecule has 1 aliphatic carbocycles. The third kappa shape index (κ3) is 2.51. The molecule has 3 heteroatoms. The molecule has 15 heavy (non-hydrogen) atoms. The summed E-state index contributed by atoms with van der Waals surface area (Å²) in [5.41, 5.74) is 5.82. The number of rotatable bonds is 1. The topological polar surface area (TPSA) is 46.3 Å². The fourth-order valence-corrected chi connectivity index (χ4v) is 2.75. The normalized spacial score (nSPS) is 36.9. The standard InChI is InChI=1S/C12H22N2O/c1-9-2-4-10(5-3-9)12(15)14-7-6-11(13)8-14/h9-11H,2-8,13H2,1H3. The Bertz CT molecular complexity index is 234. The van der Waals surface area contributed by atoms with Gasteiger partial charge in [-0.05, 0) is 38.0 Å². The second-order valence-electron chi connectivity index (χ2n) is 5.29. The van der Waals surface area contributed by atoms with Crippen LogP contribution >= 0.6 is 0 Å². The minimum absolute atomic E-state index is 0.219. The molecule has 2 fully saturated rings. The summed E-state index contributed by atoms with van der Waals surface area (Å²) in [7, 11) is 0. The van der Waals surface area contributed by atoms with E-state index in [1.54, 1.807) is 0 Å². The SMILES string of the molecule is CC1CCC(C(=O)N2CCC(N)C2)CC1. The van der Waals surface area contributed by atoms with Gasteiger partial charge in [-0.3, -0.25) is 4.79 Å². The van der Waals surface area contributed by atoms with Gasteiger partial charge in [0.25, 0.3) is 0 Å². The van der Waals surface area contributed by atoms with E-state index in [0.717, 1.165) is 38.3 Å². The van der Waals surface area contributed by atoms with Gasteiger partial charge in [-0.2, -0.15) is 0 Å². The zero-order valence-electron chi connectivity index (χ0n) is 9.61. The number of amides is 1. The molecular formula is C12H22N2O.